The number of rotatable bonds is 1. The third kappa shape index (κ3) is 1.56. The first-order valence-corrected chi connectivity index (χ1v) is 4.51. The molecule has 0 atom stereocenters. The van der Waals surface area contributed by atoms with Gasteiger partial charge in [-0.25, -0.2) is 4.79 Å². The third-order valence-corrected chi connectivity index (χ3v) is 2.15. The summed E-state index contributed by atoms with van der Waals surface area (Å²) in [5, 5.41) is 12.9. The molecule has 0 bridgehead atoms. The normalized spacial score (nSPS) is 10.4. The summed E-state index contributed by atoms with van der Waals surface area (Å²) in [5.41, 5.74) is 0.408. The average molecular weight is 257 g/mol. The van der Waals surface area contributed by atoms with Crippen LogP contribution < -0.4 is 5.76 Å². The van der Waals surface area contributed by atoms with Gasteiger partial charge in [0.05, 0.1) is 5.56 Å². The Kier molecular flexibility index (Phi) is 2.12. The van der Waals surface area contributed by atoms with E-state index in [-0.39, 0.29) is 11.6 Å². The second kappa shape index (κ2) is 3.30. The Hall–Kier alpha value is -1.56. The number of aromatic hydroxyl groups is 1. The number of aromatic nitrogens is 2. The first-order valence-electron chi connectivity index (χ1n) is 3.72. The summed E-state index contributed by atoms with van der Waals surface area (Å²) in [6.45, 7) is 0. The average Bonchev–Trinajstić information content (AvgIpc) is 2.56. The van der Waals surface area contributed by atoms with E-state index < -0.39 is 5.76 Å². The van der Waals surface area contributed by atoms with Gasteiger partial charge in [-0.1, -0.05) is 21.1 Å². The lowest BCUT2D eigenvalue weighted by Crippen LogP contribution is -1.94. The van der Waals surface area contributed by atoms with Crippen LogP contribution in [0.25, 0.3) is 11.4 Å². The van der Waals surface area contributed by atoms with Crippen molar-refractivity contribution in [3.05, 3.63) is 33.2 Å². The van der Waals surface area contributed by atoms with E-state index in [1.54, 1.807) is 12.1 Å². The number of hydrogen-bond donors (Lipinski definition) is 2. The molecule has 1 aromatic heterocycles. The van der Waals surface area contributed by atoms with Crippen LogP contribution in [0.5, 0.6) is 5.75 Å². The highest BCUT2D eigenvalue weighted by atomic mass is 79.9. The zero-order valence-electron chi connectivity index (χ0n) is 6.82. The molecule has 1 heterocycles. The molecular weight excluding hydrogens is 252 g/mol. The van der Waals surface area contributed by atoms with Gasteiger partial charge in [0.15, 0.2) is 5.82 Å². The van der Waals surface area contributed by atoms with Crippen molar-refractivity contribution in [2.24, 2.45) is 0 Å². The van der Waals surface area contributed by atoms with Crippen LogP contribution in [0.4, 0.5) is 0 Å². The molecule has 0 saturated carbocycles. The molecular formula is C8H5BrN2O3. The van der Waals surface area contributed by atoms with E-state index in [0.29, 0.717) is 5.56 Å². The van der Waals surface area contributed by atoms with Gasteiger partial charge >= 0.3 is 5.76 Å². The van der Waals surface area contributed by atoms with Gasteiger partial charge in [-0.2, -0.15) is 0 Å². The summed E-state index contributed by atoms with van der Waals surface area (Å²) in [7, 11) is 0. The molecule has 14 heavy (non-hydrogen) atoms. The van der Waals surface area contributed by atoms with Crippen molar-refractivity contribution in [1.82, 2.24) is 10.1 Å². The molecule has 2 aromatic rings. The first-order chi connectivity index (χ1) is 6.66. The van der Waals surface area contributed by atoms with Crippen molar-refractivity contribution < 1.29 is 9.63 Å². The first kappa shape index (κ1) is 9.01. The topological polar surface area (TPSA) is 79.1 Å². The molecule has 0 saturated heterocycles. The van der Waals surface area contributed by atoms with Crippen LogP contribution in [0.3, 0.4) is 0 Å². The fourth-order valence-corrected chi connectivity index (χ4v) is 1.40. The van der Waals surface area contributed by atoms with E-state index in [9.17, 15) is 9.90 Å². The summed E-state index contributed by atoms with van der Waals surface area (Å²) in [5.74, 6) is -0.425. The summed E-state index contributed by atoms with van der Waals surface area (Å²) in [4.78, 5) is 13.0. The highest BCUT2D eigenvalue weighted by Crippen LogP contribution is 2.28. The van der Waals surface area contributed by atoms with Gasteiger partial charge in [0, 0.05) is 4.47 Å². The zero-order valence-corrected chi connectivity index (χ0v) is 8.41. The highest BCUT2D eigenvalue weighted by Gasteiger charge is 2.09. The SMILES string of the molecule is O=c1[nH]c(-c2cc(Br)ccc2O)no1. The number of phenols is 1. The Morgan fingerprint density at radius 2 is 2.29 bits per heavy atom. The molecule has 0 spiro atoms. The molecule has 5 nitrogen and oxygen atoms in total. The van der Waals surface area contributed by atoms with Crippen LogP contribution in [0, 0.1) is 0 Å². The van der Waals surface area contributed by atoms with Crippen molar-refractivity contribution >= 4 is 15.9 Å². The summed E-state index contributed by atoms with van der Waals surface area (Å²) < 4.78 is 5.10. The van der Waals surface area contributed by atoms with Gasteiger partial charge in [-0.15, -0.1) is 0 Å². The second-order valence-electron chi connectivity index (χ2n) is 2.61. The third-order valence-electron chi connectivity index (χ3n) is 1.65. The van der Waals surface area contributed by atoms with Gasteiger partial charge in [0.2, 0.25) is 0 Å². The summed E-state index contributed by atoms with van der Waals surface area (Å²) in [6.07, 6.45) is 0. The maximum absolute atomic E-state index is 10.7. The van der Waals surface area contributed by atoms with Crippen LogP contribution in [-0.2, 0) is 0 Å². The fourth-order valence-electron chi connectivity index (χ4n) is 1.04. The molecule has 0 aliphatic carbocycles. The van der Waals surface area contributed by atoms with Crippen LogP contribution in [0.1, 0.15) is 0 Å². The lowest BCUT2D eigenvalue weighted by atomic mass is 10.2. The molecule has 6 heteroatoms. The van der Waals surface area contributed by atoms with E-state index in [1.807, 2.05) is 0 Å². The van der Waals surface area contributed by atoms with Gasteiger partial charge in [0.25, 0.3) is 0 Å². The molecule has 0 aliphatic heterocycles. The zero-order chi connectivity index (χ0) is 10.1. The molecule has 1 aromatic carbocycles. The van der Waals surface area contributed by atoms with E-state index in [4.69, 9.17) is 0 Å². The predicted molar refractivity (Wildman–Crippen MR) is 51.9 cm³/mol. The second-order valence-corrected chi connectivity index (χ2v) is 3.52. The number of nitrogens with zero attached hydrogens (tertiary/aromatic N) is 1. The number of aromatic amines is 1. The number of benzene rings is 1. The van der Waals surface area contributed by atoms with Crippen molar-refractivity contribution in [3.8, 4) is 17.1 Å². The van der Waals surface area contributed by atoms with Crippen molar-refractivity contribution in [3.63, 3.8) is 0 Å². The van der Waals surface area contributed by atoms with Crippen LogP contribution >= 0.6 is 15.9 Å². The van der Waals surface area contributed by atoms with E-state index >= 15 is 0 Å². The highest BCUT2D eigenvalue weighted by molar-refractivity contribution is 9.10. The van der Waals surface area contributed by atoms with Gasteiger partial charge < -0.3 is 5.11 Å². The van der Waals surface area contributed by atoms with E-state index in [0.717, 1.165) is 4.47 Å². The Labute approximate surface area is 86.5 Å². The molecule has 0 unspecified atom stereocenters. The molecule has 0 radical (unpaired) electrons. The van der Waals surface area contributed by atoms with E-state index in [1.165, 1.54) is 6.07 Å². The van der Waals surface area contributed by atoms with Crippen LogP contribution in [0.15, 0.2) is 32.0 Å². The Morgan fingerprint density at radius 3 is 2.93 bits per heavy atom. The molecule has 2 N–H and O–H groups in total. The minimum Gasteiger partial charge on any atom is -0.507 e. The molecule has 0 aliphatic rings. The maximum atomic E-state index is 10.7. The number of halogens is 1. The molecule has 0 amide bonds. The Bertz CT molecular complexity index is 517. The monoisotopic (exact) mass is 256 g/mol. The molecule has 0 fully saturated rings. The Balaban J connectivity index is 2.61. The minimum atomic E-state index is -0.653. The number of phenolic OH excluding ortho intramolecular Hbond substituents is 1. The lowest BCUT2D eigenvalue weighted by Gasteiger charge is -1.99. The molecule has 2 rings (SSSR count). The van der Waals surface area contributed by atoms with Crippen LogP contribution in [0.2, 0.25) is 0 Å². The largest absolute Gasteiger partial charge is 0.507 e. The van der Waals surface area contributed by atoms with Crippen molar-refractivity contribution in [2.75, 3.05) is 0 Å². The maximum Gasteiger partial charge on any atom is 0.439 e. The molecule has 72 valence electrons. The van der Waals surface area contributed by atoms with Crippen LogP contribution in [-0.4, -0.2) is 15.2 Å². The number of hydrogen-bond acceptors (Lipinski definition) is 4. The quantitative estimate of drug-likeness (QED) is 0.811. The fraction of sp³-hybridized carbons (Fsp3) is 0. The van der Waals surface area contributed by atoms with Crippen molar-refractivity contribution in [1.29, 1.82) is 0 Å². The smallest absolute Gasteiger partial charge is 0.439 e. The standard InChI is InChI=1S/C8H5BrN2O3/c9-4-1-2-6(12)5(3-4)7-10-8(13)14-11-7/h1-3,12H,(H,10,11,13). The minimum absolute atomic E-state index is 0.0257. The number of nitrogens with one attached hydrogen (secondary N) is 1. The van der Waals surface area contributed by atoms with Gasteiger partial charge in [0.1, 0.15) is 5.75 Å². The van der Waals surface area contributed by atoms with Crippen molar-refractivity contribution in [2.45, 2.75) is 0 Å². The lowest BCUT2D eigenvalue weighted by molar-refractivity contribution is 0.387. The number of H-pyrrole nitrogens is 1. The summed E-state index contributed by atoms with van der Waals surface area (Å²) in [6, 6.07) is 4.80. The van der Waals surface area contributed by atoms with E-state index in [2.05, 4.69) is 30.6 Å². The van der Waals surface area contributed by atoms with Gasteiger partial charge in [-0.3, -0.25) is 9.51 Å². The predicted octanol–water partition coefficient (Wildman–Crippen LogP) is 1.50. The Morgan fingerprint density at radius 1 is 1.50 bits per heavy atom. The summed E-state index contributed by atoms with van der Waals surface area (Å²) >= 11 is 3.24. The van der Waals surface area contributed by atoms with Gasteiger partial charge in [-0.05, 0) is 18.2 Å².